The topological polar surface area (TPSA) is 76.9 Å². The Hall–Kier alpha value is -2.62. The molecule has 9 heteroatoms. The second kappa shape index (κ2) is 8.17. The van der Waals surface area contributed by atoms with Gasteiger partial charge in [0.1, 0.15) is 15.6 Å². The molecule has 0 fully saturated rings. The second-order valence-electron chi connectivity index (χ2n) is 5.92. The number of thiazole rings is 1. The molecule has 6 nitrogen and oxygen atoms in total. The molecule has 4 aromatic heterocycles. The summed E-state index contributed by atoms with van der Waals surface area (Å²) in [7, 11) is 0. The standard InChI is InChI=1S/C19H16N4O2S3/c1-12-17(28-19(21-12)15-5-3-11-27-15)18(25)20-8-9-23-16(24)7-6-13(22-23)14-4-2-10-26-14/h2-7,10-11H,8-9H2,1H3,(H,20,25). The monoisotopic (exact) mass is 428 g/mol. The van der Waals surface area contributed by atoms with Crippen molar-refractivity contribution < 1.29 is 4.79 Å². The zero-order valence-electron chi connectivity index (χ0n) is 14.9. The molecule has 142 valence electrons. The number of aromatic nitrogens is 3. The molecule has 1 amide bonds. The predicted molar refractivity (Wildman–Crippen MR) is 114 cm³/mol. The Labute approximate surface area is 173 Å². The maximum atomic E-state index is 12.5. The van der Waals surface area contributed by atoms with Crippen LogP contribution in [0.1, 0.15) is 15.4 Å². The van der Waals surface area contributed by atoms with Gasteiger partial charge in [-0.15, -0.1) is 34.0 Å². The summed E-state index contributed by atoms with van der Waals surface area (Å²) in [5, 5.41) is 12.1. The van der Waals surface area contributed by atoms with Crippen LogP contribution in [0, 0.1) is 6.92 Å². The van der Waals surface area contributed by atoms with Gasteiger partial charge >= 0.3 is 0 Å². The molecule has 0 aromatic carbocycles. The molecule has 28 heavy (non-hydrogen) atoms. The SMILES string of the molecule is Cc1nc(-c2cccs2)sc1C(=O)NCCn1nc(-c2cccs2)ccc1=O. The molecule has 0 radical (unpaired) electrons. The summed E-state index contributed by atoms with van der Waals surface area (Å²) in [5.74, 6) is -0.180. The first-order valence-electron chi connectivity index (χ1n) is 8.53. The van der Waals surface area contributed by atoms with Crippen molar-refractivity contribution in [2.75, 3.05) is 6.54 Å². The third-order valence-electron chi connectivity index (χ3n) is 3.98. The van der Waals surface area contributed by atoms with Gasteiger partial charge < -0.3 is 5.32 Å². The van der Waals surface area contributed by atoms with Gasteiger partial charge in [0.15, 0.2) is 0 Å². The number of nitrogens with zero attached hydrogens (tertiary/aromatic N) is 3. The van der Waals surface area contributed by atoms with Crippen LogP contribution in [-0.4, -0.2) is 27.2 Å². The van der Waals surface area contributed by atoms with Gasteiger partial charge in [0, 0.05) is 12.6 Å². The van der Waals surface area contributed by atoms with Crippen LogP contribution in [0.4, 0.5) is 0 Å². The van der Waals surface area contributed by atoms with E-state index in [1.807, 2.05) is 41.9 Å². The van der Waals surface area contributed by atoms with Crippen LogP contribution in [-0.2, 0) is 6.54 Å². The summed E-state index contributed by atoms with van der Waals surface area (Å²) >= 11 is 4.54. The summed E-state index contributed by atoms with van der Waals surface area (Å²) in [5.41, 5.74) is 1.27. The molecule has 0 aliphatic carbocycles. The van der Waals surface area contributed by atoms with Gasteiger partial charge in [-0.05, 0) is 35.9 Å². The van der Waals surface area contributed by atoms with Crippen LogP contribution in [0.2, 0.25) is 0 Å². The summed E-state index contributed by atoms with van der Waals surface area (Å²) < 4.78 is 1.38. The summed E-state index contributed by atoms with van der Waals surface area (Å²) in [4.78, 5) is 31.7. The van der Waals surface area contributed by atoms with Crippen molar-refractivity contribution in [3.63, 3.8) is 0 Å². The molecule has 0 saturated carbocycles. The molecule has 0 spiro atoms. The van der Waals surface area contributed by atoms with E-state index in [4.69, 9.17) is 0 Å². The molecule has 4 aromatic rings. The zero-order chi connectivity index (χ0) is 19.5. The number of amides is 1. The summed E-state index contributed by atoms with van der Waals surface area (Å²) in [6.07, 6.45) is 0. The fraction of sp³-hybridized carbons (Fsp3) is 0.158. The van der Waals surface area contributed by atoms with Gasteiger partial charge in [-0.1, -0.05) is 12.1 Å². The molecular weight excluding hydrogens is 412 g/mol. The van der Waals surface area contributed by atoms with Crippen LogP contribution >= 0.6 is 34.0 Å². The van der Waals surface area contributed by atoms with Crippen LogP contribution in [0.5, 0.6) is 0 Å². The maximum absolute atomic E-state index is 12.5. The number of aryl methyl sites for hydroxylation is 1. The first-order chi connectivity index (χ1) is 13.6. The number of thiophene rings is 2. The molecule has 0 atom stereocenters. The van der Waals surface area contributed by atoms with E-state index in [-0.39, 0.29) is 11.5 Å². The lowest BCUT2D eigenvalue weighted by Crippen LogP contribution is -2.31. The lowest BCUT2D eigenvalue weighted by Gasteiger charge is -2.07. The molecule has 1 N–H and O–H groups in total. The average molecular weight is 429 g/mol. The third-order valence-corrected chi connectivity index (χ3v) is 7.07. The van der Waals surface area contributed by atoms with Crippen LogP contribution in [0.3, 0.4) is 0 Å². The van der Waals surface area contributed by atoms with Crippen molar-refractivity contribution in [1.29, 1.82) is 0 Å². The molecule has 0 saturated heterocycles. The van der Waals surface area contributed by atoms with Gasteiger partial charge in [-0.2, -0.15) is 5.10 Å². The highest BCUT2D eigenvalue weighted by atomic mass is 32.1. The van der Waals surface area contributed by atoms with Crippen LogP contribution in [0.25, 0.3) is 20.5 Å². The normalized spacial score (nSPS) is 10.9. The van der Waals surface area contributed by atoms with Crippen LogP contribution in [0.15, 0.2) is 52.0 Å². The van der Waals surface area contributed by atoms with Crippen molar-refractivity contribution in [3.05, 3.63) is 68.1 Å². The zero-order valence-corrected chi connectivity index (χ0v) is 17.4. The number of carbonyl (C=O) groups excluding carboxylic acids is 1. The first kappa shape index (κ1) is 18.7. The summed E-state index contributed by atoms with van der Waals surface area (Å²) in [6.45, 7) is 2.45. The quantitative estimate of drug-likeness (QED) is 0.505. The van der Waals surface area contributed by atoms with Gasteiger partial charge in [0.2, 0.25) is 0 Å². The van der Waals surface area contributed by atoms with E-state index in [0.717, 1.165) is 20.5 Å². The fourth-order valence-corrected chi connectivity index (χ4v) is 5.10. The van der Waals surface area contributed by atoms with Gasteiger partial charge in [-0.3, -0.25) is 9.59 Å². The number of nitrogens with one attached hydrogen (secondary N) is 1. The number of carbonyl (C=O) groups is 1. The fourth-order valence-electron chi connectivity index (χ4n) is 2.63. The highest BCUT2D eigenvalue weighted by molar-refractivity contribution is 7.22. The number of rotatable bonds is 6. The second-order valence-corrected chi connectivity index (χ2v) is 8.82. The molecular formula is C19H16N4O2S3. The Morgan fingerprint density at radius 1 is 1.11 bits per heavy atom. The molecule has 0 aliphatic rings. The van der Waals surface area contributed by atoms with Crippen molar-refractivity contribution >= 4 is 39.9 Å². The third kappa shape index (κ3) is 3.96. The predicted octanol–water partition coefficient (Wildman–Crippen LogP) is 3.90. The highest BCUT2D eigenvalue weighted by Crippen LogP contribution is 2.30. The van der Waals surface area contributed by atoms with E-state index in [0.29, 0.717) is 23.7 Å². The van der Waals surface area contributed by atoms with Crippen LogP contribution < -0.4 is 10.9 Å². The molecule has 4 heterocycles. The van der Waals surface area contributed by atoms with E-state index in [9.17, 15) is 9.59 Å². The average Bonchev–Trinajstić information content (AvgIpc) is 3.44. The minimum Gasteiger partial charge on any atom is -0.349 e. The van der Waals surface area contributed by atoms with E-state index in [1.165, 1.54) is 22.1 Å². The lowest BCUT2D eigenvalue weighted by molar-refractivity contribution is 0.0955. The lowest BCUT2D eigenvalue weighted by atomic mass is 10.3. The highest BCUT2D eigenvalue weighted by Gasteiger charge is 2.16. The minimum absolute atomic E-state index is 0.180. The Morgan fingerprint density at radius 3 is 2.57 bits per heavy atom. The largest absolute Gasteiger partial charge is 0.349 e. The summed E-state index contributed by atoms with van der Waals surface area (Å²) in [6, 6.07) is 11.1. The van der Waals surface area contributed by atoms with Crippen molar-refractivity contribution in [3.8, 4) is 20.5 Å². The Kier molecular flexibility index (Phi) is 5.47. The number of hydrogen-bond acceptors (Lipinski definition) is 7. The molecule has 0 bridgehead atoms. The van der Waals surface area contributed by atoms with Crippen molar-refractivity contribution in [2.24, 2.45) is 0 Å². The first-order valence-corrected chi connectivity index (χ1v) is 11.1. The van der Waals surface area contributed by atoms with Crippen molar-refractivity contribution in [2.45, 2.75) is 13.5 Å². The van der Waals surface area contributed by atoms with E-state index in [2.05, 4.69) is 15.4 Å². The van der Waals surface area contributed by atoms with Crippen molar-refractivity contribution in [1.82, 2.24) is 20.1 Å². The molecule has 0 unspecified atom stereocenters. The Bertz CT molecular complexity index is 1140. The van der Waals surface area contributed by atoms with E-state index < -0.39 is 0 Å². The smallest absolute Gasteiger partial charge is 0.266 e. The number of hydrogen-bond donors (Lipinski definition) is 1. The maximum Gasteiger partial charge on any atom is 0.266 e. The van der Waals surface area contributed by atoms with E-state index in [1.54, 1.807) is 28.7 Å². The van der Waals surface area contributed by atoms with Gasteiger partial charge in [-0.25, -0.2) is 9.67 Å². The Balaban J connectivity index is 1.42. The Morgan fingerprint density at radius 2 is 1.86 bits per heavy atom. The molecule has 4 rings (SSSR count). The van der Waals surface area contributed by atoms with Gasteiger partial charge in [0.05, 0.1) is 22.0 Å². The van der Waals surface area contributed by atoms with Gasteiger partial charge in [0.25, 0.3) is 11.5 Å². The minimum atomic E-state index is -0.191. The van der Waals surface area contributed by atoms with E-state index >= 15 is 0 Å². The molecule has 0 aliphatic heterocycles.